The van der Waals surface area contributed by atoms with Crippen LogP contribution in [0.2, 0.25) is 0 Å². The molecular weight excluding hydrogens is 290 g/mol. The fourth-order valence-corrected chi connectivity index (χ4v) is 4.04. The maximum atomic E-state index is 12.4. The molecule has 0 saturated carbocycles. The molecule has 1 atom stereocenters. The van der Waals surface area contributed by atoms with Crippen LogP contribution in [-0.2, 0) is 9.53 Å². The van der Waals surface area contributed by atoms with Crippen LogP contribution in [0.3, 0.4) is 0 Å². The van der Waals surface area contributed by atoms with Crippen molar-refractivity contribution in [2.24, 2.45) is 11.3 Å². The minimum Gasteiger partial charge on any atom is -0.379 e. The molecule has 0 bridgehead atoms. The smallest absolute Gasteiger partial charge is 0.226 e. The lowest BCUT2D eigenvalue weighted by atomic mass is 9.91. The summed E-state index contributed by atoms with van der Waals surface area (Å²) >= 11 is 0. The Balaban J connectivity index is 1.82. The van der Waals surface area contributed by atoms with Gasteiger partial charge in [0.1, 0.15) is 0 Å². The number of nitrogens with zero attached hydrogens (tertiary/aromatic N) is 3. The summed E-state index contributed by atoms with van der Waals surface area (Å²) in [5, 5.41) is 0. The number of carbonyl (C=O) groups excluding carboxylic acids is 1. The first kappa shape index (κ1) is 18.7. The van der Waals surface area contributed by atoms with E-state index < -0.39 is 0 Å². The van der Waals surface area contributed by atoms with E-state index in [-0.39, 0.29) is 11.3 Å². The second-order valence-electron chi connectivity index (χ2n) is 8.20. The van der Waals surface area contributed by atoms with Gasteiger partial charge in [0, 0.05) is 46.3 Å². The topological polar surface area (TPSA) is 36.0 Å². The highest BCUT2D eigenvalue weighted by Gasteiger charge is 2.29. The molecule has 0 aromatic carbocycles. The van der Waals surface area contributed by atoms with Crippen LogP contribution < -0.4 is 0 Å². The summed E-state index contributed by atoms with van der Waals surface area (Å²) in [5.41, 5.74) is 0.228. The lowest BCUT2D eigenvalue weighted by molar-refractivity contribution is -0.134. The van der Waals surface area contributed by atoms with Crippen LogP contribution in [-0.4, -0.2) is 87.2 Å². The van der Waals surface area contributed by atoms with Crippen LogP contribution in [0, 0.1) is 11.3 Å². The van der Waals surface area contributed by atoms with Crippen molar-refractivity contribution in [1.29, 1.82) is 0 Å². The van der Waals surface area contributed by atoms with E-state index in [1.54, 1.807) is 0 Å². The fourth-order valence-electron chi connectivity index (χ4n) is 4.04. The van der Waals surface area contributed by atoms with Gasteiger partial charge in [0.2, 0.25) is 5.91 Å². The monoisotopic (exact) mass is 325 g/mol. The van der Waals surface area contributed by atoms with Crippen LogP contribution in [0.5, 0.6) is 0 Å². The Morgan fingerprint density at radius 1 is 1.22 bits per heavy atom. The molecule has 1 unspecified atom stereocenters. The number of ether oxygens (including phenoxy) is 1. The molecule has 1 amide bonds. The molecule has 2 fully saturated rings. The summed E-state index contributed by atoms with van der Waals surface area (Å²) in [6, 6.07) is 0. The first-order valence-corrected chi connectivity index (χ1v) is 9.11. The number of amides is 1. The zero-order valence-corrected chi connectivity index (χ0v) is 15.5. The molecule has 134 valence electrons. The van der Waals surface area contributed by atoms with Gasteiger partial charge in [0.15, 0.2) is 0 Å². The first-order valence-electron chi connectivity index (χ1n) is 9.11. The number of hydrogen-bond acceptors (Lipinski definition) is 4. The predicted molar refractivity (Wildman–Crippen MR) is 93.5 cm³/mol. The van der Waals surface area contributed by atoms with Gasteiger partial charge in [0.25, 0.3) is 0 Å². The Bertz CT molecular complexity index is 380. The third-order valence-corrected chi connectivity index (χ3v) is 5.01. The summed E-state index contributed by atoms with van der Waals surface area (Å²) in [7, 11) is 4.11. The Kier molecular flexibility index (Phi) is 6.86. The van der Waals surface area contributed by atoms with Crippen LogP contribution in [0.15, 0.2) is 0 Å². The Morgan fingerprint density at radius 2 is 1.91 bits per heavy atom. The number of carbonyl (C=O) groups is 1. The van der Waals surface area contributed by atoms with Crippen molar-refractivity contribution in [2.75, 3.05) is 66.6 Å². The van der Waals surface area contributed by atoms with E-state index in [0.29, 0.717) is 5.91 Å². The van der Waals surface area contributed by atoms with Crippen LogP contribution in [0.1, 0.15) is 33.1 Å². The molecule has 2 heterocycles. The molecule has 5 nitrogen and oxygen atoms in total. The van der Waals surface area contributed by atoms with Gasteiger partial charge in [-0.3, -0.25) is 9.69 Å². The minimum absolute atomic E-state index is 0.173. The van der Waals surface area contributed by atoms with Crippen LogP contribution in [0.4, 0.5) is 0 Å². The molecule has 0 aromatic rings. The quantitative estimate of drug-likeness (QED) is 0.742. The van der Waals surface area contributed by atoms with Gasteiger partial charge in [-0.1, -0.05) is 20.3 Å². The van der Waals surface area contributed by atoms with Gasteiger partial charge in [-0.05, 0) is 25.3 Å². The van der Waals surface area contributed by atoms with E-state index in [0.717, 1.165) is 65.3 Å². The Morgan fingerprint density at radius 3 is 2.61 bits per heavy atom. The van der Waals surface area contributed by atoms with Crippen molar-refractivity contribution in [2.45, 2.75) is 33.1 Å². The molecule has 0 radical (unpaired) electrons. The lowest BCUT2D eigenvalue weighted by Crippen LogP contribution is -2.46. The molecule has 0 spiro atoms. The molecule has 0 aliphatic carbocycles. The van der Waals surface area contributed by atoms with Crippen LogP contribution >= 0.6 is 0 Å². The third-order valence-electron chi connectivity index (χ3n) is 5.01. The van der Waals surface area contributed by atoms with Gasteiger partial charge < -0.3 is 14.5 Å². The molecule has 2 aliphatic heterocycles. The number of hydrogen-bond donors (Lipinski definition) is 0. The zero-order valence-electron chi connectivity index (χ0n) is 15.5. The Hall–Kier alpha value is -0.650. The van der Waals surface area contributed by atoms with E-state index in [4.69, 9.17) is 4.74 Å². The van der Waals surface area contributed by atoms with E-state index in [2.05, 4.69) is 30.7 Å². The number of morpholine rings is 1. The first-order chi connectivity index (χ1) is 10.9. The van der Waals surface area contributed by atoms with E-state index in [9.17, 15) is 4.79 Å². The van der Waals surface area contributed by atoms with Crippen molar-refractivity contribution in [1.82, 2.24) is 14.7 Å². The van der Waals surface area contributed by atoms with E-state index in [1.165, 1.54) is 6.42 Å². The predicted octanol–water partition coefficient (Wildman–Crippen LogP) is 1.54. The van der Waals surface area contributed by atoms with E-state index >= 15 is 0 Å². The molecule has 2 rings (SSSR count). The van der Waals surface area contributed by atoms with E-state index in [1.807, 2.05) is 11.9 Å². The fraction of sp³-hybridized carbons (Fsp3) is 0.944. The average molecular weight is 325 g/mol. The second kappa shape index (κ2) is 8.45. The molecule has 5 heteroatoms. The molecular formula is C18H35N3O2. The van der Waals surface area contributed by atoms with Crippen molar-refractivity contribution in [3.8, 4) is 0 Å². The highest BCUT2D eigenvalue weighted by atomic mass is 16.5. The maximum Gasteiger partial charge on any atom is 0.226 e. The van der Waals surface area contributed by atoms with Crippen molar-refractivity contribution in [3.05, 3.63) is 0 Å². The van der Waals surface area contributed by atoms with Crippen molar-refractivity contribution in [3.63, 3.8) is 0 Å². The molecule has 2 saturated heterocycles. The average Bonchev–Trinajstić information content (AvgIpc) is 2.63. The van der Waals surface area contributed by atoms with Crippen molar-refractivity contribution < 1.29 is 9.53 Å². The molecule has 0 aromatic heterocycles. The summed E-state index contributed by atoms with van der Waals surface area (Å²) in [6.07, 6.45) is 3.36. The molecule has 23 heavy (non-hydrogen) atoms. The third kappa shape index (κ3) is 6.05. The largest absolute Gasteiger partial charge is 0.379 e. The standard InChI is InChI=1S/C18H35N3O2/c1-18(2,15-21-9-11-23-12-10-21)14-19(3)13-16-7-5-6-8-20(4)17(16)22/h16H,5-15H2,1-4H3. The van der Waals surface area contributed by atoms with Gasteiger partial charge >= 0.3 is 0 Å². The Labute approximate surface area is 141 Å². The summed E-state index contributed by atoms with van der Waals surface area (Å²) in [4.78, 5) is 19.2. The normalized spacial score (nSPS) is 25.0. The highest BCUT2D eigenvalue weighted by molar-refractivity contribution is 5.79. The summed E-state index contributed by atoms with van der Waals surface area (Å²) in [5.74, 6) is 0.507. The number of likely N-dealkylation sites (tertiary alicyclic amines) is 1. The lowest BCUT2D eigenvalue weighted by Gasteiger charge is -2.37. The van der Waals surface area contributed by atoms with Crippen LogP contribution in [0.25, 0.3) is 0 Å². The minimum atomic E-state index is 0.173. The maximum absolute atomic E-state index is 12.4. The van der Waals surface area contributed by atoms with Gasteiger partial charge in [-0.15, -0.1) is 0 Å². The van der Waals surface area contributed by atoms with Crippen molar-refractivity contribution >= 4 is 5.91 Å². The SMILES string of the molecule is CN(CC1CCCCN(C)C1=O)CC(C)(C)CN1CCOCC1. The summed E-state index contributed by atoms with van der Waals surface area (Å²) in [6.45, 7) is 12.4. The zero-order chi connectivity index (χ0) is 16.9. The summed E-state index contributed by atoms with van der Waals surface area (Å²) < 4.78 is 5.44. The highest BCUT2D eigenvalue weighted by Crippen LogP contribution is 2.22. The van der Waals surface area contributed by atoms with Gasteiger partial charge in [-0.25, -0.2) is 0 Å². The molecule has 0 N–H and O–H groups in total. The van der Waals surface area contributed by atoms with Gasteiger partial charge in [-0.2, -0.15) is 0 Å². The van der Waals surface area contributed by atoms with Gasteiger partial charge in [0.05, 0.1) is 19.1 Å². The molecule has 2 aliphatic rings. The second-order valence-corrected chi connectivity index (χ2v) is 8.20. The number of rotatable bonds is 6.